The van der Waals surface area contributed by atoms with Gasteiger partial charge >= 0.3 is 0 Å². The molecule has 2 atom stereocenters. The van der Waals surface area contributed by atoms with Crippen LogP contribution >= 0.6 is 25.3 Å². The molecule has 178 valence electrons. The molecule has 0 aromatic heterocycles. The number of rotatable bonds is 14. The molecule has 8 N–H and O–H groups in total. The molecule has 10 nitrogen and oxygen atoms in total. The molecule has 1 rings (SSSR count). The number of nitrogens with one attached hydrogen (secondary N) is 4. The average molecular weight is 485 g/mol. The summed E-state index contributed by atoms with van der Waals surface area (Å²) in [5.74, 6) is -1.61. The zero-order valence-electron chi connectivity index (χ0n) is 17.8. The minimum Gasteiger partial charge on any atom is -0.344 e. The Morgan fingerprint density at radius 3 is 1.53 bits per heavy atom. The van der Waals surface area contributed by atoms with Crippen molar-refractivity contribution in [2.75, 3.05) is 35.2 Å². The van der Waals surface area contributed by atoms with Gasteiger partial charge in [-0.15, -0.1) is 0 Å². The lowest BCUT2D eigenvalue weighted by atomic mass is 10.1. The van der Waals surface area contributed by atoms with Crippen molar-refractivity contribution in [3.8, 4) is 0 Å². The van der Waals surface area contributed by atoms with Crippen LogP contribution in [0.1, 0.15) is 25.7 Å². The first-order valence-corrected chi connectivity index (χ1v) is 11.5. The minimum atomic E-state index is -0.756. The van der Waals surface area contributed by atoms with Gasteiger partial charge in [-0.25, -0.2) is 0 Å². The van der Waals surface area contributed by atoms with E-state index < -0.39 is 23.9 Å². The van der Waals surface area contributed by atoms with E-state index in [2.05, 4.69) is 46.5 Å². The van der Waals surface area contributed by atoms with Gasteiger partial charge in [0.25, 0.3) is 0 Å². The monoisotopic (exact) mass is 484 g/mol. The normalized spacial score (nSPS) is 12.4. The van der Waals surface area contributed by atoms with Crippen LogP contribution in [0.2, 0.25) is 0 Å². The van der Waals surface area contributed by atoms with E-state index in [0.29, 0.717) is 50.1 Å². The van der Waals surface area contributed by atoms with Gasteiger partial charge in [0.15, 0.2) is 0 Å². The van der Waals surface area contributed by atoms with Crippen LogP contribution in [0.5, 0.6) is 0 Å². The summed E-state index contributed by atoms with van der Waals surface area (Å²) in [7, 11) is 0. The van der Waals surface area contributed by atoms with Gasteiger partial charge in [0.2, 0.25) is 23.6 Å². The lowest BCUT2D eigenvalue weighted by Gasteiger charge is -2.19. The zero-order valence-corrected chi connectivity index (χ0v) is 19.6. The maximum atomic E-state index is 12.6. The van der Waals surface area contributed by atoms with Crippen molar-refractivity contribution in [2.45, 2.75) is 37.8 Å². The molecule has 1 aromatic carbocycles. The molecule has 32 heavy (non-hydrogen) atoms. The summed E-state index contributed by atoms with van der Waals surface area (Å²) in [6.45, 7) is 0.772. The molecule has 0 bridgehead atoms. The van der Waals surface area contributed by atoms with Gasteiger partial charge in [-0.3, -0.25) is 19.2 Å². The van der Waals surface area contributed by atoms with Crippen LogP contribution in [-0.4, -0.2) is 60.3 Å². The molecule has 0 aliphatic heterocycles. The minimum absolute atomic E-state index is 0.0387. The predicted molar refractivity (Wildman–Crippen MR) is 132 cm³/mol. The van der Waals surface area contributed by atoms with E-state index in [1.54, 1.807) is 24.3 Å². The Balaban J connectivity index is 2.85. The van der Waals surface area contributed by atoms with Gasteiger partial charge < -0.3 is 32.7 Å². The molecule has 0 heterocycles. The van der Waals surface area contributed by atoms with Crippen LogP contribution in [-0.2, 0) is 19.2 Å². The summed E-state index contributed by atoms with van der Waals surface area (Å²) in [6, 6.07) is 5.04. The van der Waals surface area contributed by atoms with Gasteiger partial charge in [0.1, 0.15) is 12.1 Å². The average Bonchev–Trinajstić information content (AvgIpc) is 2.78. The number of carbonyl (C=O) groups is 4. The van der Waals surface area contributed by atoms with Crippen molar-refractivity contribution in [3.05, 3.63) is 24.3 Å². The van der Waals surface area contributed by atoms with Crippen LogP contribution in [0, 0.1) is 0 Å². The first kappa shape index (κ1) is 27.8. The topological polar surface area (TPSA) is 168 Å². The van der Waals surface area contributed by atoms with E-state index >= 15 is 0 Å². The van der Waals surface area contributed by atoms with E-state index in [1.807, 2.05) is 0 Å². The summed E-state index contributed by atoms with van der Waals surface area (Å²) in [4.78, 5) is 48.6. The lowest BCUT2D eigenvalue weighted by molar-refractivity contribution is -0.125. The number of anilines is 2. The maximum absolute atomic E-state index is 12.6. The third kappa shape index (κ3) is 10.4. The Labute approximate surface area is 198 Å². The van der Waals surface area contributed by atoms with Crippen LogP contribution in [0.25, 0.3) is 0 Å². The summed E-state index contributed by atoms with van der Waals surface area (Å²) in [5, 5.41) is 10.7. The fourth-order valence-electron chi connectivity index (χ4n) is 2.79. The van der Waals surface area contributed by atoms with Gasteiger partial charge in [-0.05, 0) is 57.0 Å². The number of benzene rings is 1. The van der Waals surface area contributed by atoms with Gasteiger partial charge in [0.05, 0.1) is 11.5 Å². The summed E-state index contributed by atoms with van der Waals surface area (Å²) in [5.41, 5.74) is 11.9. The second-order valence-corrected chi connectivity index (χ2v) is 7.61. The Morgan fingerprint density at radius 2 is 1.19 bits per heavy atom. The van der Waals surface area contributed by atoms with Gasteiger partial charge in [0, 0.05) is 11.4 Å². The van der Waals surface area contributed by atoms with E-state index in [9.17, 15) is 19.2 Å². The summed E-state index contributed by atoms with van der Waals surface area (Å²) < 4.78 is 0. The number of nitrogens with two attached hydrogens (primary N) is 2. The third-order valence-corrected chi connectivity index (χ3v) is 4.96. The Morgan fingerprint density at radius 1 is 0.781 bits per heavy atom. The Kier molecular flexibility index (Phi) is 13.5. The number of hydrogen-bond donors (Lipinski definition) is 8. The predicted octanol–water partition coefficient (Wildman–Crippen LogP) is -0.129. The molecule has 0 unspecified atom stereocenters. The maximum Gasteiger partial charge on any atom is 0.246 e. The van der Waals surface area contributed by atoms with Gasteiger partial charge in [-0.1, -0.05) is 6.07 Å². The highest BCUT2D eigenvalue weighted by Crippen LogP contribution is 2.16. The number of carbonyl (C=O) groups excluding carboxylic acids is 4. The molecule has 0 spiro atoms. The molecule has 0 saturated heterocycles. The largest absolute Gasteiger partial charge is 0.344 e. The number of amides is 4. The SMILES string of the molecule is NCCC[C@H](NC(=O)CS)C(=O)Nc1cccc(NC(=O)[C@H](CCCN)NC(=O)CS)c1. The quantitative estimate of drug-likeness (QED) is 0.171. The molecule has 0 fully saturated rings. The van der Waals surface area contributed by atoms with Crippen LogP contribution in [0.15, 0.2) is 24.3 Å². The molecule has 0 radical (unpaired) electrons. The van der Waals surface area contributed by atoms with E-state index in [-0.39, 0.29) is 23.3 Å². The first-order chi connectivity index (χ1) is 15.3. The molecule has 0 saturated carbocycles. The highest BCUT2D eigenvalue weighted by molar-refractivity contribution is 7.81. The first-order valence-electron chi connectivity index (χ1n) is 10.3. The van der Waals surface area contributed by atoms with Crippen LogP contribution in [0.3, 0.4) is 0 Å². The van der Waals surface area contributed by atoms with E-state index in [0.717, 1.165) is 0 Å². The van der Waals surface area contributed by atoms with E-state index in [4.69, 9.17) is 11.5 Å². The molecular formula is C20H32N6O4S2. The Hall–Kier alpha value is -2.28. The highest BCUT2D eigenvalue weighted by atomic mass is 32.1. The van der Waals surface area contributed by atoms with Crippen LogP contribution in [0.4, 0.5) is 11.4 Å². The lowest BCUT2D eigenvalue weighted by Crippen LogP contribution is -2.45. The molecule has 0 aliphatic rings. The van der Waals surface area contributed by atoms with Gasteiger partial charge in [-0.2, -0.15) is 25.3 Å². The third-order valence-electron chi connectivity index (χ3n) is 4.38. The highest BCUT2D eigenvalue weighted by Gasteiger charge is 2.22. The van der Waals surface area contributed by atoms with Crippen molar-refractivity contribution in [1.29, 1.82) is 0 Å². The number of thiol groups is 2. The molecule has 4 amide bonds. The van der Waals surface area contributed by atoms with E-state index in [1.165, 1.54) is 0 Å². The molecule has 12 heteroatoms. The van der Waals surface area contributed by atoms with Crippen molar-refractivity contribution in [1.82, 2.24) is 10.6 Å². The van der Waals surface area contributed by atoms with Crippen molar-refractivity contribution in [2.24, 2.45) is 11.5 Å². The standard InChI is InChI=1S/C20H32N6O4S2/c21-8-2-6-15(25-17(27)11-31)19(29)23-13-4-1-5-14(10-13)24-20(30)16(7-3-9-22)26-18(28)12-32/h1,4-5,10,15-16,31-32H,2-3,6-9,11-12,21-22H2,(H,23,29)(H,24,30)(H,25,27)(H,26,28)/t15-,16-/m0/s1. The summed E-state index contributed by atoms with van der Waals surface area (Å²) in [6.07, 6.45) is 1.88. The Bertz CT molecular complexity index is 721. The second-order valence-electron chi connectivity index (χ2n) is 6.98. The number of hydrogen-bond acceptors (Lipinski definition) is 8. The fourth-order valence-corrected chi connectivity index (χ4v) is 2.98. The fraction of sp³-hybridized carbons (Fsp3) is 0.500. The van der Waals surface area contributed by atoms with Crippen LogP contribution < -0.4 is 32.7 Å². The van der Waals surface area contributed by atoms with Crippen molar-refractivity contribution in [3.63, 3.8) is 0 Å². The zero-order chi connectivity index (χ0) is 23.9. The molecule has 0 aliphatic carbocycles. The molecule has 1 aromatic rings. The molecular weight excluding hydrogens is 452 g/mol. The second kappa shape index (κ2) is 15.5. The summed E-state index contributed by atoms with van der Waals surface area (Å²) >= 11 is 7.82. The smallest absolute Gasteiger partial charge is 0.246 e. The van der Waals surface area contributed by atoms with Crippen molar-refractivity contribution >= 4 is 60.3 Å². The van der Waals surface area contributed by atoms with Crippen molar-refractivity contribution < 1.29 is 19.2 Å².